The fraction of sp³-hybridized carbons (Fsp3) is 0.650. The van der Waals surface area contributed by atoms with Crippen molar-refractivity contribution in [2.45, 2.75) is 63.5 Å². The molecule has 0 radical (unpaired) electrons. The molecule has 0 aromatic heterocycles. The molecule has 150 valence electrons. The van der Waals surface area contributed by atoms with E-state index in [0.29, 0.717) is 25.9 Å². The maximum absolute atomic E-state index is 12.3. The average Bonchev–Trinajstić information content (AvgIpc) is 2.90. The van der Waals surface area contributed by atoms with Crippen LogP contribution in [0.2, 0.25) is 0 Å². The van der Waals surface area contributed by atoms with Crippen LogP contribution >= 0.6 is 0 Å². The molecule has 0 saturated carbocycles. The van der Waals surface area contributed by atoms with Crippen molar-refractivity contribution >= 4 is 21.6 Å². The van der Waals surface area contributed by atoms with Gasteiger partial charge in [-0.1, -0.05) is 31.9 Å². The number of amides is 2. The highest BCUT2D eigenvalue weighted by molar-refractivity contribution is 7.91. The van der Waals surface area contributed by atoms with Crippen molar-refractivity contribution in [1.82, 2.24) is 5.32 Å². The highest BCUT2D eigenvalue weighted by Crippen LogP contribution is 2.35. The molecule has 1 aromatic rings. The second kappa shape index (κ2) is 8.61. The molecular weight excluding hydrogens is 364 g/mol. The van der Waals surface area contributed by atoms with Crippen LogP contribution in [0, 0.1) is 0 Å². The Kier molecular flexibility index (Phi) is 6.42. The summed E-state index contributed by atoms with van der Waals surface area (Å²) < 4.78 is 29.4. The van der Waals surface area contributed by atoms with Crippen LogP contribution < -0.4 is 10.6 Å². The molecule has 2 aliphatic rings. The Bertz CT molecular complexity index is 748. The first kappa shape index (κ1) is 20.1. The number of carbonyl (C=O) groups is 1. The summed E-state index contributed by atoms with van der Waals surface area (Å²) in [6, 6.07) is 7.64. The molecule has 1 aromatic carbocycles. The number of carbonyl (C=O) groups excluding carboxylic acids is 1. The fourth-order valence-electron chi connectivity index (χ4n) is 4.00. The van der Waals surface area contributed by atoms with Gasteiger partial charge < -0.3 is 15.4 Å². The summed E-state index contributed by atoms with van der Waals surface area (Å²) in [4.78, 5) is 12.3. The third kappa shape index (κ3) is 5.69. The average molecular weight is 395 g/mol. The van der Waals surface area contributed by atoms with Crippen LogP contribution in [0.4, 0.5) is 10.5 Å². The first-order valence-corrected chi connectivity index (χ1v) is 11.7. The van der Waals surface area contributed by atoms with Gasteiger partial charge in [0, 0.05) is 18.3 Å². The van der Waals surface area contributed by atoms with Gasteiger partial charge in [-0.3, -0.25) is 0 Å². The van der Waals surface area contributed by atoms with E-state index < -0.39 is 15.4 Å². The molecular formula is C20H30N2O4S. The van der Waals surface area contributed by atoms with E-state index in [4.69, 9.17) is 4.74 Å². The maximum atomic E-state index is 12.3. The summed E-state index contributed by atoms with van der Waals surface area (Å²) in [6.07, 6.45) is 6.46. The molecule has 2 atom stereocenters. The van der Waals surface area contributed by atoms with E-state index in [9.17, 15) is 13.2 Å². The topological polar surface area (TPSA) is 84.5 Å². The van der Waals surface area contributed by atoms with Crippen molar-refractivity contribution in [3.8, 4) is 0 Å². The standard InChI is InChI=1S/C20H30N2O4S/c1-2-3-4-5-16-6-8-17(9-7-16)21-19(23)22-18-10-12-26-20(14-18)11-13-27(24,25)15-20/h6-9,18H,2-5,10-15H2,1H3,(H2,21,22,23)/t18-,20+/m0/s1. The zero-order valence-electron chi connectivity index (χ0n) is 16.0. The normalized spacial score (nSPS) is 26.8. The zero-order valence-corrected chi connectivity index (χ0v) is 16.8. The summed E-state index contributed by atoms with van der Waals surface area (Å²) in [5.41, 5.74) is 1.43. The summed E-state index contributed by atoms with van der Waals surface area (Å²) in [5, 5.41) is 5.85. The minimum absolute atomic E-state index is 0.0687. The Hall–Kier alpha value is -1.60. The number of unbranched alkanes of at least 4 members (excludes halogenated alkanes) is 2. The second-order valence-corrected chi connectivity index (χ2v) is 10.00. The first-order chi connectivity index (χ1) is 12.9. The number of urea groups is 1. The largest absolute Gasteiger partial charge is 0.374 e. The number of benzene rings is 1. The van der Waals surface area contributed by atoms with E-state index >= 15 is 0 Å². The number of ether oxygens (including phenoxy) is 1. The molecule has 1 spiro atoms. The lowest BCUT2D eigenvalue weighted by Crippen LogP contribution is -2.50. The molecule has 27 heavy (non-hydrogen) atoms. The van der Waals surface area contributed by atoms with Gasteiger partial charge in [0.2, 0.25) is 0 Å². The van der Waals surface area contributed by atoms with E-state index in [1.807, 2.05) is 12.1 Å². The van der Waals surface area contributed by atoms with Crippen molar-refractivity contribution in [2.75, 3.05) is 23.4 Å². The van der Waals surface area contributed by atoms with Crippen molar-refractivity contribution < 1.29 is 17.9 Å². The Balaban J connectivity index is 1.49. The van der Waals surface area contributed by atoms with E-state index in [2.05, 4.69) is 29.7 Å². The van der Waals surface area contributed by atoms with Gasteiger partial charge in [0.25, 0.3) is 0 Å². The number of hydrogen-bond acceptors (Lipinski definition) is 4. The van der Waals surface area contributed by atoms with Crippen LogP contribution in [0.1, 0.15) is 51.0 Å². The van der Waals surface area contributed by atoms with Gasteiger partial charge in [-0.05, 0) is 49.8 Å². The molecule has 2 saturated heterocycles. The van der Waals surface area contributed by atoms with Crippen molar-refractivity contribution in [1.29, 1.82) is 0 Å². The zero-order chi connectivity index (χ0) is 19.3. The highest BCUT2D eigenvalue weighted by Gasteiger charge is 2.46. The Morgan fingerprint density at radius 2 is 2.04 bits per heavy atom. The highest BCUT2D eigenvalue weighted by atomic mass is 32.2. The van der Waals surface area contributed by atoms with Crippen molar-refractivity contribution in [2.24, 2.45) is 0 Å². The number of rotatable bonds is 6. The number of nitrogens with one attached hydrogen (secondary N) is 2. The van der Waals surface area contributed by atoms with E-state index in [1.54, 1.807) is 0 Å². The van der Waals surface area contributed by atoms with E-state index in [-0.39, 0.29) is 23.6 Å². The molecule has 7 heteroatoms. The SMILES string of the molecule is CCCCCc1ccc(NC(=O)N[C@H]2CCO[C@]3(CCS(=O)(=O)C3)C2)cc1. The monoisotopic (exact) mass is 394 g/mol. The molecule has 2 heterocycles. The minimum atomic E-state index is -3.02. The van der Waals surface area contributed by atoms with Gasteiger partial charge in [0.1, 0.15) is 0 Å². The number of hydrogen-bond donors (Lipinski definition) is 2. The maximum Gasteiger partial charge on any atom is 0.319 e. The lowest BCUT2D eigenvalue weighted by Gasteiger charge is -2.37. The molecule has 0 bridgehead atoms. The predicted molar refractivity (Wildman–Crippen MR) is 107 cm³/mol. The number of anilines is 1. The van der Waals surface area contributed by atoms with Gasteiger partial charge >= 0.3 is 6.03 Å². The third-order valence-corrected chi connectivity index (χ3v) is 7.25. The van der Waals surface area contributed by atoms with Gasteiger partial charge in [-0.2, -0.15) is 0 Å². The van der Waals surface area contributed by atoms with Crippen LogP contribution in [0.15, 0.2) is 24.3 Å². The summed E-state index contributed by atoms with van der Waals surface area (Å²) in [6.45, 7) is 2.67. The van der Waals surface area contributed by atoms with Crippen LogP contribution in [0.25, 0.3) is 0 Å². The van der Waals surface area contributed by atoms with Crippen molar-refractivity contribution in [3.63, 3.8) is 0 Å². The predicted octanol–water partition coefficient (Wildman–Crippen LogP) is 3.28. The molecule has 2 N–H and O–H groups in total. The fourth-order valence-corrected chi connectivity index (χ4v) is 5.97. The first-order valence-electron chi connectivity index (χ1n) is 9.91. The van der Waals surface area contributed by atoms with Gasteiger partial charge in [0.15, 0.2) is 9.84 Å². The van der Waals surface area contributed by atoms with Crippen molar-refractivity contribution in [3.05, 3.63) is 29.8 Å². The smallest absolute Gasteiger partial charge is 0.319 e. The van der Waals surface area contributed by atoms with Crippen LogP contribution in [-0.2, 0) is 21.0 Å². The molecule has 3 rings (SSSR count). The molecule has 2 fully saturated rings. The van der Waals surface area contributed by atoms with Gasteiger partial charge in [-0.15, -0.1) is 0 Å². The van der Waals surface area contributed by atoms with Crippen LogP contribution in [0.3, 0.4) is 0 Å². The molecule has 2 amide bonds. The molecule has 0 aliphatic carbocycles. The summed E-state index contributed by atoms with van der Waals surface area (Å²) >= 11 is 0. The number of aryl methyl sites for hydroxylation is 1. The van der Waals surface area contributed by atoms with E-state index in [1.165, 1.54) is 24.8 Å². The summed E-state index contributed by atoms with van der Waals surface area (Å²) in [5.74, 6) is 0.246. The van der Waals surface area contributed by atoms with Crippen LogP contribution in [-0.4, -0.2) is 44.2 Å². The van der Waals surface area contributed by atoms with Gasteiger partial charge in [-0.25, -0.2) is 13.2 Å². The second-order valence-electron chi connectivity index (χ2n) is 7.82. The van der Waals surface area contributed by atoms with E-state index in [0.717, 1.165) is 12.1 Å². The third-order valence-electron chi connectivity index (χ3n) is 5.46. The molecule has 6 nitrogen and oxygen atoms in total. The van der Waals surface area contributed by atoms with Crippen LogP contribution in [0.5, 0.6) is 0 Å². The molecule has 2 aliphatic heterocycles. The number of sulfone groups is 1. The lowest BCUT2D eigenvalue weighted by molar-refractivity contribution is -0.0685. The van der Waals surface area contributed by atoms with Gasteiger partial charge in [0.05, 0.1) is 17.1 Å². The quantitative estimate of drug-likeness (QED) is 0.725. The lowest BCUT2D eigenvalue weighted by atomic mass is 9.90. The Labute approximate surface area is 162 Å². The summed E-state index contributed by atoms with van der Waals surface area (Å²) in [7, 11) is -3.02. The molecule has 0 unspecified atom stereocenters. The Morgan fingerprint density at radius 1 is 1.26 bits per heavy atom. The minimum Gasteiger partial charge on any atom is -0.374 e. The Morgan fingerprint density at radius 3 is 2.70 bits per heavy atom.